The number of urea groups is 1. The Balaban J connectivity index is 1.51. The minimum Gasteiger partial charge on any atom is -0.308 e. The minimum atomic E-state index is -4.52. The molecule has 5 aromatic rings. The quantitative estimate of drug-likeness (QED) is 0.258. The third kappa shape index (κ3) is 4.53. The van der Waals surface area contributed by atoms with Gasteiger partial charge in [-0.25, -0.2) is 9.48 Å². The smallest absolute Gasteiger partial charge is 0.308 e. The lowest BCUT2D eigenvalue weighted by Crippen LogP contribution is -2.38. The zero-order valence-corrected chi connectivity index (χ0v) is 21.6. The van der Waals surface area contributed by atoms with Crippen LogP contribution in [0.25, 0.3) is 11.5 Å². The first-order valence-corrected chi connectivity index (χ1v) is 13.0. The number of aromatic nitrogens is 3. The number of hydrogen-bond acceptors (Lipinski definition) is 2. The Morgan fingerprint density at radius 3 is 2.38 bits per heavy atom. The lowest BCUT2D eigenvalue weighted by molar-refractivity contribution is -0.137. The number of hydrogen-bond donors (Lipinski definition) is 1. The second-order valence-corrected chi connectivity index (χ2v) is 9.60. The minimum absolute atomic E-state index is 0.0715. The summed E-state index contributed by atoms with van der Waals surface area (Å²) in [6, 6.07) is 27.0. The van der Waals surface area contributed by atoms with Crippen LogP contribution in [0.2, 0.25) is 0 Å². The van der Waals surface area contributed by atoms with Gasteiger partial charge in [-0.05, 0) is 54.4 Å². The first-order chi connectivity index (χ1) is 19.3. The number of rotatable bonds is 4. The molecule has 1 N–H and O–H groups in total. The van der Waals surface area contributed by atoms with E-state index >= 15 is 0 Å². The normalized spacial score (nSPS) is 14.8. The standard InChI is InChI=1S/C31H26F3N5O/c1-2-26-25-20-38(30(40)35-23-14-9-13-22(19-23)31(32,33)34)28(21-11-5-3-6-12-21)27-17-10-18-37(27)29(25)39(36-26)24-15-7-4-8-16-24/h3-19,28H,2,20H2,1H3,(H,35,40). The number of benzene rings is 3. The third-order valence-corrected chi connectivity index (χ3v) is 7.12. The van der Waals surface area contributed by atoms with Gasteiger partial charge in [0.2, 0.25) is 0 Å². The Hall–Kier alpha value is -4.79. The lowest BCUT2D eigenvalue weighted by Gasteiger charge is -2.31. The van der Waals surface area contributed by atoms with Crippen molar-refractivity contribution in [2.45, 2.75) is 32.1 Å². The fraction of sp³-hybridized carbons (Fsp3) is 0.161. The number of para-hydroxylation sites is 1. The highest BCUT2D eigenvalue weighted by Gasteiger charge is 2.37. The van der Waals surface area contributed by atoms with E-state index < -0.39 is 23.8 Å². The fourth-order valence-electron chi connectivity index (χ4n) is 5.30. The molecule has 40 heavy (non-hydrogen) atoms. The highest BCUT2D eigenvalue weighted by atomic mass is 19.4. The van der Waals surface area contributed by atoms with Gasteiger partial charge in [0.25, 0.3) is 0 Å². The Morgan fingerprint density at radius 1 is 0.950 bits per heavy atom. The topological polar surface area (TPSA) is 55.1 Å². The van der Waals surface area contributed by atoms with E-state index in [1.54, 1.807) is 4.90 Å². The summed E-state index contributed by atoms with van der Waals surface area (Å²) >= 11 is 0. The van der Waals surface area contributed by atoms with Crippen LogP contribution in [-0.2, 0) is 19.1 Å². The molecule has 1 aliphatic heterocycles. The molecule has 1 unspecified atom stereocenters. The van der Waals surface area contributed by atoms with Crippen molar-refractivity contribution >= 4 is 11.7 Å². The predicted molar refractivity (Wildman–Crippen MR) is 147 cm³/mol. The van der Waals surface area contributed by atoms with Crippen LogP contribution in [0.4, 0.5) is 23.7 Å². The van der Waals surface area contributed by atoms with Crippen LogP contribution in [0.15, 0.2) is 103 Å². The molecule has 6 rings (SSSR count). The van der Waals surface area contributed by atoms with E-state index in [1.807, 2.05) is 90.6 Å². The van der Waals surface area contributed by atoms with Crippen molar-refractivity contribution in [1.29, 1.82) is 0 Å². The van der Waals surface area contributed by atoms with Gasteiger partial charge < -0.3 is 14.8 Å². The molecule has 202 valence electrons. The molecule has 2 amide bonds. The zero-order valence-electron chi connectivity index (χ0n) is 21.6. The molecule has 0 bridgehead atoms. The van der Waals surface area contributed by atoms with Crippen molar-refractivity contribution in [3.8, 4) is 11.5 Å². The summed E-state index contributed by atoms with van der Waals surface area (Å²) in [6.07, 6.45) is -1.93. The molecule has 0 saturated carbocycles. The highest BCUT2D eigenvalue weighted by molar-refractivity contribution is 5.90. The predicted octanol–water partition coefficient (Wildman–Crippen LogP) is 7.38. The summed E-state index contributed by atoms with van der Waals surface area (Å²) in [5.74, 6) is 0.832. The third-order valence-electron chi connectivity index (χ3n) is 7.12. The van der Waals surface area contributed by atoms with Gasteiger partial charge in [0, 0.05) is 17.4 Å². The second-order valence-electron chi connectivity index (χ2n) is 9.60. The Kier molecular flexibility index (Phi) is 6.42. The van der Waals surface area contributed by atoms with Crippen molar-refractivity contribution in [3.05, 3.63) is 131 Å². The van der Waals surface area contributed by atoms with E-state index in [9.17, 15) is 18.0 Å². The summed E-state index contributed by atoms with van der Waals surface area (Å²) in [4.78, 5) is 15.7. The molecule has 9 heteroatoms. The summed E-state index contributed by atoms with van der Waals surface area (Å²) in [7, 11) is 0. The van der Waals surface area contributed by atoms with Gasteiger partial charge in [-0.3, -0.25) is 0 Å². The molecule has 0 aliphatic carbocycles. The Labute approximate surface area is 229 Å². The number of carbonyl (C=O) groups is 1. The number of alkyl halides is 3. The van der Waals surface area contributed by atoms with E-state index in [1.165, 1.54) is 12.1 Å². The Morgan fingerprint density at radius 2 is 1.68 bits per heavy atom. The van der Waals surface area contributed by atoms with Gasteiger partial charge in [0.15, 0.2) is 0 Å². The van der Waals surface area contributed by atoms with Crippen molar-refractivity contribution < 1.29 is 18.0 Å². The van der Waals surface area contributed by atoms with Crippen LogP contribution in [0, 0.1) is 0 Å². The van der Waals surface area contributed by atoms with Crippen LogP contribution in [-0.4, -0.2) is 25.3 Å². The number of anilines is 1. The first kappa shape index (κ1) is 25.5. The van der Waals surface area contributed by atoms with Crippen LogP contribution >= 0.6 is 0 Å². The number of fused-ring (bicyclic) bond motifs is 3. The molecule has 1 atom stereocenters. The molecule has 0 spiro atoms. The summed E-state index contributed by atoms with van der Waals surface area (Å²) in [5, 5.41) is 7.66. The lowest BCUT2D eigenvalue weighted by atomic mass is 10.0. The number of nitrogens with one attached hydrogen (secondary N) is 1. The molecule has 3 heterocycles. The maximum absolute atomic E-state index is 14.0. The van der Waals surface area contributed by atoms with Crippen molar-refractivity contribution in [1.82, 2.24) is 19.2 Å². The molecule has 0 radical (unpaired) electrons. The van der Waals surface area contributed by atoms with Crippen LogP contribution in [0.5, 0.6) is 0 Å². The SMILES string of the molecule is CCc1nn(-c2ccccc2)c2c1CN(C(=O)Nc1cccc(C(F)(F)F)c1)C(c1ccccc1)c1cccn1-2. The Bertz CT molecular complexity index is 1660. The van der Waals surface area contributed by atoms with Crippen molar-refractivity contribution in [2.75, 3.05) is 5.32 Å². The van der Waals surface area contributed by atoms with E-state index in [2.05, 4.69) is 9.88 Å². The van der Waals surface area contributed by atoms with Gasteiger partial charge in [0.05, 0.1) is 35.2 Å². The molecule has 0 saturated heterocycles. The molecular formula is C31H26F3N5O. The average Bonchev–Trinajstić information content (AvgIpc) is 3.54. The maximum Gasteiger partial charge on any atom is 0.416 e. The number of carbonyl (C=O) groups excluding carboxylic acids is 1. The molecule has 3 aromatic carbocycles. The van der Waals surface area contributed by atoms with Gasteiger partial charge >= 0.3 is 12.2 Å². The highest BCUT2D eigenvalue weighted by Crippen LogP contribution is 2.39. The number of nitrogens with zero attached hydrogens (tertiary/aromatic N) is 4. The van der Waals surface area contributed by atoms with Crippen molar-refractivity contribution in [2.24, 2.45) is 0 Å². The van der Waals surface area contributed by atoms with Crippen LogP contribution in [0.3, 0.4) is 0 Å². The molecular weight excluding hydrogens is 515 g/mol. The summed E-state index contributed by atoms with van der Waals surface area (Å²) in [5.41, 5.74) is 3.56. The fourth-order valence-corrected chi connectivity index (χ4v) is 5.30. The van der Waals surface area contributed by atoms with Gasteiger partial charge in [0.1, 0.15) is 5.82 Å². The van der Waals surface area contributed by atoms with E-state index in [-0.39, 0.29) is 12.2 Å². The van der Waals surface area contributed by atoms with E-state index in [4.69, 9.17) is 5.10 Å². The van der Waals surface area contributed by atoms with E-state index in [0.717, 1.165) is 46.2 Å². The van der Waals surface area contributed by atoms with Gasteiger partial charge in [-0.1, -0.05) is 61.5 Å². The molecule has 1 aliphatic rings. The number of amides is 2. The van der Waals surface area contributed by atoms with Crippen molar-refractivity contribution in [3.63, 3.8) is 0 Å². The summed E-state index contributed by atoms with van der Waals surface area (Å²) in [6.45, 7) is 2.22. The second kappa shape index (κ2) is 10.1. The molecule has 2 aromatic heterocycles. The van der Waals surface area contributed by atoms with Crippen LogP contribution < -0.4 is 5.32 Å². The summed E-state index contributed by atoms with van der Waals surface area (Å²) < 4.78 is 44.1. The zero-order chi connectivity index (χ0) is 27.9. The monoisotopic (exact) mass is 541 g/mol. The maximum atomic E-state index is 14.0. The van der Waals surface area contributed by atoms with Gasteiger partial charge in [-0.15, -0.1) is 0 Å². The number of aryl methyl sites for hydroxylation is 1. The first-order valence-electron chi connectivity index (χ1n) is 13.0. The largest absolute Gasteiger partial charge is 0.416 e. The van der Waals surface area contributed by atoms with Gasteiger partial charge in [-0.2, -0.15) is 18.3 Å². The average molecular weight is 542 g/mol. The van der Waals surface area contributed by atoms with E-state index in [0.29, 0.717) is 6.42 Å². The number of halogens is 3. The molecule has 0 fully saturated rings. The van der Waals surface area contributed by atoms with Crippen LogP contribution in [0.1, 0.15) is 41.0 Å². The molecule has 6 nitrogen and oxygen atoms in total.